The minimum atomic E-state index is -0.136. The topological polar surface area (TPSA) is 46.6 Å². The van der Waals surface area contributed by atoms with E-state index in [1.165, 1.54) is 63.4 Å². The van der Waals surface area contributed by atoms with Gasteiger partial charge in [0.05, 0.1) is 6.61 Å². The van der Waals surface area contributed by atoms with E-state index in [4.69, 9.17) is 4.74 Å². The quantitative estimate of drug-likeness (QED) is 0.279. The minimum Gasteiger partial charge on any atom is -0.465 e. The Balaban J connectivity index is 1.53. The molecular weight excluding hydrogens is 470 g/mol. The molecule has 1 heterocycles. The molecule has 5 fully saturated rings. The van der Waals surface area contributed by atoms with Crippen molar-refractivity contribution in [2.24, 2.45) is 51.2 Å². The average molecular weight is 526 g/mol. The molecule has 0 spiro atoms. The molecule has 0 aromatic carbocycles. The predicted molar refractivity (Wildman–Crippen MR) is 153 cm³/mol. The fourth-order valence-electron chi connectivity index (χ4n) is 12.3. The third-order valence-electron chi connectivity index (χ3n) is 14.1. The van der Waals surface area contributed by atoms with Gasteiger partial charge in [-0.3, -0.25) is 9.59 Å². The smallest absolute Gasteiger partial charge is 0.302 e. The lowest BCUT2D eigenvalue weighted by atomic mass is 9.33. The highest BCUT2D eigenvalue weighted by molar-refractivity contribution is 5.74. The molecule has 5 aliphatic rings. The van der Waals surface area contributed by atoms with E-state index >= 15 is 0 Å². The van der Waals surface area contributed by atoms with Crippen LogP contribution in [-0.4, -0.2) is 35.5 Å². The van der Waals surface area contributed by atoms with Gasteiger partial charge in [-0.15, -0.1) is 0 Å². The van der Waals surface area contributed by atoms with E-state index in [0.29, 0.717) is 41.6 Å². The lowest BCUT2D eigenvalue weighted by Crippen LogP contribution is -2.66. The van der Waals surface area contributed by atoms with Crippen molar-refractivity contribution in [3.05, 3.63) is 12.2 Å². The predicted octanol–water partition coefficient (Wildman–Crippen LogP) is 7.81. The molecular formula is C34H55NO3. The molecule has 0 radical (unpaired) electrons. The van der Waals surface area contributed by atoms with Crippen molar-refractivity contribution in [3.63, 3.8) is 0 Å². The van der Waals surface area contributed by atoms with Gasteiger partial charge in [-0.05, 0) is 131 Å². The summed E-state index contributed by atoms with van der Waals surface area (Å²) in [6.07, 6.45) is 12.2. The number of amides is 1. The molecule has 0 bridgehead atoms. The van der Waals surface area contributed by atoms with Crippen LogP contribution in [0, 0.1) is 51.2 Å². The van der Waals surface area contributed by atoms with Gasteiger partial charge in [-0.1, -0.05) is 32.9 Å². The Morgan fingerprint density at radius 3 is 2.18 bits per heavy atom. The van der Waals surface area contributed by atoms with Crippen LogP contribution >= 0.6 is 0 Å². The first-order valence-electron chi connectivity index (χ1n) is 15.7. The van der Waals surface area contributed by atoms with E-state index in [-0.39, 0.29) is 33.7 Å². The van der Waals surface area contributed by atoms with Gasteiger partial charge in [0.15, 0.2) is 0 Å². The Kier molecular flexibility index (Phi) is 6.76. The summed E-state index contributed by atoms with van der Waals surface area (Å²) in [5.41, 5.74) is 2.18. The Labute approximate surface area is 232 Å². The van der Waals surface area contributed by atoms with Crippen LogP contribution in [0.3, 0.4) is 0 Å². The molecule has 5 rings (SSSR count). The zero-order chi connectivity index (χ0) is 27.9. The highest BCUT2D eigenvalue weighted by Gasteiger charge is 2.70. The molecule has 4 aliphatic carbocycles. The van der Waals surface area contributed by atoms with E-state index in [1.807, 2.05) is 0 Å². The van der Waals surface area contributed by atoms with Crippen LogP contribution in [0.15, 0.2) is 12.2 Å². The normalized spacial score (nSPS) is 47.6. The summed E-state index contributed by atoms with van der Waals surface area (Å²) >= 11 is 0. The number of carbonyl (C=O) groups is 2. The number of carbonyl (C=O) groups excluding carboxylic acids is 2. The zero-order valence-electron chi connectivity index (χ0n) is 25.8. The van der Waals surface area contributed by atoms with Crippen molar-refractivity contribution in [1.82, 2.24) is 4.90 Å². The first-order chi connectivity index (χ1) is 17.6. The summed E-state index contributed by atoms with van der Waals surface area (Å²) in [6.45, 7) is 24.2. The fraction of sp³-hybridized carbons (Fsp3) is 0.882. The Hall–Kier alpha value is -1.32. The number of ether oxygens (including phenoxy) is 1. The summed E-state index contributed by atoms with van der Waals surface area (Å²) < 4.78 is 5.81. The fourth-order valence-corrected chi connectivity index (χ4v) is 12.3. The van der Waals surface area contributed by atoms with Crippen LogP contribution < -0.4 is 0 Å². The molecule has 0 aromatic rings. The maximum absolute atomic E-state index is 12.7. The molecule has 0 aromatic heterocycles. The van der Waals surface area contributed by atoms with Gasteiger partial charge in [-0.2, -0.15) is 0 Å². The zero-order valence-corrected chi connectivity index (χ0v) is 25.8. The van der Waals surface area contributed by atoms with E-state index in [0.717, 1.165) is 13.0 Å². The van der Waals surface area contributed by atoms with E-state index < -0.39 is 0 Å². The van der Waals surface area contributed by atoms with Gasteiger partial charge in [0.1, 0.15) is 0 Å². The maximum Gasteiger partial charge on any atom is 0.302 e. The number of hydrogen-bond donors (Lipinski definition) is 0. The van der Waals surface area contributed by atoms with Crippen molar-refractivity contribution < 1.29 is 14.3 Å². The van der Waals surface area contributed by atoms with Crippen LogP contribution in [0.5, 0.6) is 0 Å². The summed E-state index contributed by atoms with van der Waals surface area (Å²) in [5.74, 6) is 3.11. The van der Waals surface area contributed by atoms with Crippen molar-refractivity contribution >= 4 is 11.9 Å². The van der Waals surface area contributed by atoms with E-state index in [9.17, 15) is 9.59 Å². The Bertz CT molecular complexity index is 1000. The van der Waals surface area contributed by atoms with Gasteiger partial charge in [0, 0.05) is 31.3 Å². The standard InChI is InChI=1S/C34H55NO3/c1-22(2)25-13-17-34(21-38-24(4)37)19-18-32(8)26(29(25)34)11-12-28-31(7)15-10-20-35(23(3)36)30(5,6)27(31)14-16-33(28,32)9/h25-29H,1,10-21H2,2-9H3/t25-,26+,27-,28+,29+,31-,32+,33+,34+/m0/s1. The molecule has 1 saturated heterocycles. The second-order valence-corrected chi connectivity index (χ2v) is 15.8. The monoisotopic (exact) mass is 525 g/mol. The summed E-state index contributed by atoms with van der Waals surface area (Å²) in [6, 6.07) is 0. The number of rotatable bonds is 3. The Morgan fingerprint density at radius 1 is 0.842 bits per heavy atom. The van der Waals surface area contributed by atoms with E-state index in [1.54, 1.807) is 13.8 Å². The number of esters is 1. The summed E-state index contributed by atoms with van der Waals surface area (Å²) in [4.78, 5) is 26.9. The SMILES string of the molecule is C=C(C)[C@@H]1CC[C@]2(COC(C)=O)CC[C@]3(C)[C@H](CC[C@@H]4[C@@]5(C)CCCN(C(C)=O)C(C)(C)[C@@H]5CC[C@]43C)[C@@H]12. The first kappa shape index (κ1) is 28.2. The third kappa shape index (κ3) is 3.73. The van der Waals surface area contributed by atoms with Crippen molar-refractivity contribution in [2.75, 3.05) is 13.2 Å². The number of fused-ring (bicyclic) bond motifs is 7. The van der Waals surface area contributed by atoms with Crippen molar-refractivity contribution in [1.29, 1.82) is 0 Å². The van der Waals surface area contributed by atoms with Crippen molar-refractivity contribution in [2.45, 2.75) is 125 Å². The highest BCUT2D eigenvalue weighted by atomic mass is 16.5. The van der Waals surface area contributed by atoms with Crippen LogP contribution in [0.1, 0.15) is 120 Å². The minimum absolute atomic E-state index is 0.0988. The molecule has 38 heavy (non-hydrogen) atoms. The van der Waals surface area contributed by atoms with Gasteiger partial charge in [0.2, 0.25) is 5.91 Å². The highest BCUT2D eigenvalue weighted by Crippen LogP contribution is 2.76. The van der Waals surface area contributed by atoms with Gasteiger partial charge in [0.25, 0.3) is 0 Å². The summed E-state index contributed by atoms with van der Waals surface area (Å²) in [5, 5.41) is 0. The van der Waals surface area contributed by atoms with Gasteiger partial charge >= 0.3 is 5.97 Å². The number of allylic oxidation sites excluding steroid dienone is 1. The lowest BCUT2D eigenvalue weighted by molar-refractivity contribution is -0.230. The molecule has 0 N–H and O–H groups in total. The molecule has 9 atom stereocenters. The third-order valence-corrected chi connectivity index (χ3v) is 14.1. The molecule has 4 nitrogen and oxygen atoms in total. The van der Waals surface area contributed by atoms with Crippen molar-refractivity contribution in [3.8, 4) is 0 Å². The number of nitrogens with zero attached hydrogens (tertiary/aromatic N) is 1. The van der Waals surface area contributed by atoms with Gasteiger partial charge < -0.3 is 9.64 Å². The maximum atomic E-state index is 12.7. The van der Waals surface area contributed by atoms with Crippen LogP contribution in [0.2, 0.25) is 0 Å². The first-order valence-corrected chi connectivity index (χ1v) is 15.7. The molecule has 1 aliphatic heterocycles. The summed E-state index contributed by atoms with van der Waals surface area (Å²) in [7, 11) is 0. The van der Waals surface area contributed by atoms with Crippen LogP contribution in [-0.2, 0) is 14.3 Å². The van der Waals surface area contributed by atoms with Crippen LogP contribution in [0.25, 0.3) is 0 Å². The Morgan fingerprint density at radius 2 is 1.55 bits per heavy atom. The molecule has 4 heteroatoms. The second kappa shape index (κ2) is 9.10. The average Bonchev–Trinajstić information content (AvgIpc) is 3.16. The molecule has 1 amide bonds. The number of likely N-dealkylation sites (tertiary alicyclic amines) is 1. The molecule has 4 saturated carbocycles. The lowest BCUT2D eigenvalue weighted by Gasteiger charge is -2.71. The second-order valence-electron chi connectivity index (χ2n) is 15.8. The largest absolute Gasteiger partial charge is 0.465 e. The van der Waals surface area contributed by atoms with E-state index in [2.05, 4.69) is 53.0 Å². The van der Waals surface area contributed by atoms with Gasteiger partial charge in [-0.25, -0.2) is 0 Å². The number of hydrogen-bond acceptors (Lipinski definition) is 3. The van der Waals surface area contributed by atoms with Crippen LogP contribution in [0.4, 0.5) is 0 Å². The molecule has 0 unspecified atom stereocenters. The molecule has 214 valence electrons.